The third-order valence-corrected chi connectivity index (χ3v) is 3.90. The van der Waals surface area contributed by atoms with E-state index in [-0.39, 0.29) is 10.8 Å². The van der Waals surface area contributed by atoms with Gasteiger partial charge in [0, 0.05) is 12.7 Å². The van der Waals surface area contributed by atoms with Gasteiger partial charge in [-0.3, -0.25) is 0 Å². The lowest BCUT2D eigenvalue weighted by Gasteiger charge is -2.09. The molecule has 3 rings (SSSR count). The van der Waals surface area contributed by atoms with Crippen molar-refractivity contribution in [3.05, 3.63) is 70.6 Å². The quantitative estimate of drug-likeness (QED) is 0.636. The zero-order valence-corrected chi connectivity index (χ0v) is 12.0. The summed E-state index contributed by atoms with van der Waals surface area (Å²) >= 11 is 5.72. The molecule has 20 heavy (non-hydrogen) atoms. The van der Waals surface area contributed by atoms with Gasteiger partial charge in [-0.25, -0.2) is 4.39 Å². The molecule has 0 amide bonds. The molecule has 0 aliphatic heterocycles. The number of hydrogen-bond acceptors (Lipinski definition) is 0. The van der Waals surface area contributed by atoms with Crippen LogP contribution >= 0.6 is 11.6 Å². The fourth-order valence-electron chi connectivity index (χ4n) is 2.59. The Morgan fingerprint density at radius 3 is 2.75 bits per heavy atom. The summed E-state index contributed by atoms with van der Waals surface area (Å²) in [6, 6.07) is 13.4. The number of fused-ring (bicyclic) bond motifs is 1. The number of para-hydroxylation sites is 1. The van der Waals surface area contributed by atoms with Crippen LogP contribution in [0.25, 0.3) is 10.9 Å². The van der Waals surface area contributed by atoms with Gasteiger partial charge in [0.15, 0.2) is 0 Å². The standard InChI is InChI=1S/C17H15ClFN/c1-2-13-4-3-5-14-8-9-20(17(13)14)11-12-6-7-15(18)16(19)10-12/h3-10H,2,11H2,1H3. The second kappa shape index (κ2) is 5.29. The van der Waals surface area contributed by atoms with Crippen LogP contribution in [-0.2, 0) is 13.0 Å². The first-order valence-electron chi connectivity index (χ1n) is 6.69. The maximum absolute atomic E-state index is 13.5. The van der Waals surface area contributed by atoms with Gasteiger partial charge in [-0.15, -0.1) is 0 Å². The van der Waals surface area contributed by atoms with Gasteiger partial charge >= 0.3 is 0 Å². The van der Waals surface area contributed by atoms with Crippen LogP contribution in [-0.4, -0.2) is 4.57 Å². The summed E-state index contributed by atoms with van der Waals surface area (Å²) in [5, 5.41) is 1.39. The maximum atomic E-state index is 13.5. The normalized spacial score (nSPS) is 11.2. The molecule has 2 aromatic carbocycles. The Morgan fingerprint density at radius 2 is 2.00 bits per heavy atom. The van der Waals surface area contributed by atoms with Crippen LogP contribution in [0.2, 0.25) is 5.02 Å². The molecule has 3 heteroatoms. The predicted molar refractivity (Wildman–Crippen MR) is 81.8 cm³/mol. The van der Waals surface area contributed by atoms with Gasteiger partial charge < -0.3 is 4.57 Å². The number of benzene rings is 2. The Bertz CT molecular complexity index is 761. The molecule has 0 unspecified atom stereocenters. The Balaban J connectivity index is 2.04. The molecule has 0 aliphatic rings. The Morgan fingerprint density at radius 1 is 1.15 bits per heavy atom. The zero-order valence-electron chi connectivity index (χ0n) is 11.2. The third-order valence-electron chi connectivity index (χ3n) is 3.59. The average Bonchev–Trinajstić information content (AvgIpc) is 2.86. The van der Waals surface area contributed by atoms with E-state index in [1.54, 1.807) is 6.07 Å². The van der Waals surface area contributed by atoms with E-state index >= 15 is 0 Å². The van der Waals surface area contributed by atoms with Crippen molar-refractivity contribution < 1.29 is 4.39 Å². The van der Waals surface area contributed by atoms with Crippen LogP contribution in [0.15, 0.2) is 48.7 Å². The predicted octanol–water partition coefficient (Wildman–Crippen LogP) is 5.04. The highest BCUT2D eigenvalue weighted by molar-refractivity contribution is 6.30. The number of aromatic nitrogens is 1. The van der Waals surface area contributed by atoms with E-state index in [1.165, 1.54) is 22.5 Å². The van der Waals surface area contributed by atoms with Gasteiger partial charge in [-0.2, -0.15) is 0 Å². The lowest BCUT2D eigenvalue weighted by molar-refractivity contribution is 0.624. The van der Waals surface area contributed by atoms with Crippen molar-refractivity contribution in [1.29, 1.82) is 0 Å². The topological polar surface area (TPSA) is 4.93 Å². The molecule has 0 N–H and O–H groups in total. The summed E-state index contributed by atoms with van der Waals surface area (Å²) in [5.41, 5.74) is 3.45. The molecule has 0 spiro atoms. The average molecular weight is 288 g/mol. The summed E-state index contributed by atoms with van der Waals surface area (Å²) in [6.07, 6.45) is 3.03. The van der Waals surface area contributed by atoms with E-state index < -0.39 is 0 Å². The van der Waals surface area contributed by atoms with Crippen molar-refractivity contribution in [1.82, 2.24) is 4.57 Å². The smallest absolute Gasteiger partial charge is 0.142 e. The lowest BCUT2D eigenvalue weighted by Crippen LogP contribution is -2.00. The summed E-state index contributed by atoms with van der Waals surface area (Å²) in [5.74, 6) is -0.364. The van der Waals surface area contributed by atoms with Crippen molar-refractivity contribution in [2.24, 2.45) is 0 Å². The number of rotatable bonds is 3. The fraction of sp³-hybridized carbons (Fsp3) is 0.176. The van der Waals surface area contributed by atoms with Crippen LogP contribution in [0.3, 0.4) is 0 Å². The SMILES string of the molecule is CCc1cccc2ccn(Cc3ccc(Cl)c(F)c3)c12. The van der Waals surface area contributed by atoms with Crippen LogP contribution < -0.4 is 0 Å². The molecule has 0 saturated carbocycles. The molecule has 0 aliphatic carbocycles. The highest BCUT2D eigenvalue weighted by Gasteiger charge is 2.07. The van der Waals surface area contributed by atoms with E-state index in [4.69, 9.17) is 11.6 Å². The Kier molecular flexibility index (Phi) is 3.49. The minimum absolute atomic E-state index is 0.167. The number of hydrogen-bond donors (Lipinski definition) is 0. The van der Waals surface area contributed by atoms with Crippen molar-refractivity contribution in [2.75, 3.05) is 0 Å². The maximum Gasteiger partial charge on any atom is 0.142 e. The van der Waals surface area contributed by atoms with Crippen molar-refractivity contribution in [3.8, 4) is 0 Å². The second-order valence-corrected chi connectivity index (χ2v) is 5.31. The van der Waals surface area contributed by atoms with Crippen molar-refractivity contribution in [3.63, 3.8) is 0 Å². The van der Waals surface area contributed by atoms with Gasteiger partial charge in [0.25, 0.3) is 0 Å². The summed E-state index contributed by atoms with van der Waals surface area (Å²) < 4.78 is 15.7. The molecule has 1 heterocycles. The van der Waals surface area contributed by atoms with Gasteiger partial charge in [0.05, 0.1) is 10.5 Å². The summed E-state index contributed by atoms with van der Waals surface area (Å²) in [4.78, 5) is 0. The Labute approximate surface area is 122 Å². The first-order valence-corrected chi connectivity index (χ1v) is 7.07. The first kappa shape index (κ1) is 13.2. The monoisotopic (exact) mass is 287 g/mol. The van der Waals surface area contributed by atoms with E-state index in [2.05, 4.69) is 42.0 Å². The largest absolute Gasteiger partial charge is 0.343 e. The summed E-state index contributed by atoms with van der Waals surface area (Å²) in [6.45, 7) is 2.79. The molecule has 0 radical (unpaired) electrons. The van der Waals surface area contributed by atoms with Crippen molar-refractivity contribution in [2.45, 2.75) is 19.9 Å². The van der Waals surface area contributed by atoms with E-state index in [1.807, 2.05) is 6.07 Å². The molecule has 0 saturated heterocycles. The number of nitrogens with zero attached hydrogens (tertiary/aromatic N) is 1. The second-order valence-electron chi connectivity index (χ2n) is 4.90. The van der Waals surface area contributed by atoms with E-state index in [0.717, 1.165) is 12.0 Å². The number of aryl methyl sites for hydroxylation is 1. The molecular formula is C17H15ClFN. The number of halogens is 2. The van der Waals surface area contributed by atoms with Gasteiger partial charge in [-0.05, 0) is 41.1 Å². The molecule has 1 aromatic heterocycles. The molecule has 0 fully saturated rings. The van der Waals surface area contributed by atoms with Gasteiger partial charge in [0.2, 0.25) is 0 Å². The molecule has 3 aromatic rings. The lowest BCUT2D eigenvalue weighted by atomic mass is 10.1. The van der Waals surface area contributed by atoms with Gasteiger partial charge in [0.1, 0.15) is 5.82 Å². The van der Waals surface area contributed by atoms with Crippen LogP contribution in [0.4, 0.5) is 4.39 Å². The minimum Gasteiger partial charge on any atom is -0.343 e. The third kappa shape index (κ3) is 2.32. The van der Waals surface area contributed by atoms with Crippen molar-refractivity contribution >= 4 is 22.5 Å². The van der Waals surface area contributed by atoms with E-state index in [9.17, 15) is 4.39 Å². The van der Waals surface area contributed by atoms with Gasteiger partial charge in [-0.1, -0.05) is 42.8 Å². The highest BCUT2D eigenvalue weighted by atomic mass is 35.5. The first-order chi connectivity index (χ1) is 9.69. The zero-order chi connectivity index (χ0) is 14.1. The molecule has 1 nitrogen and oxygen atoms in total. The summed E-state index contributed by atoms with van der Waals surface area (Å²) in [7, 11) is 0. The molecule has 0 atom stereocenters. The Hall–Kier alpha value is -1.80. The fourth-order valence-corrected chi connectivity index (χ4v) is 2.71. The molecule has 0 bridgehead atoms. The van der Waals surface area contributed by atoms with Crippen LogP contribution in [0.1, 0.15) is 18.1 Å². The minimum atomic E-state index is -0.364. The van der Waals surface area contributed by atoms with E-state index in [0.29, 0.717) is 6.54 Å². The highest BCUT2D eigenvalue weighted by Crippen LogP contribution is 2.23. The molecular weight excluding hydrogens is 273 g/mol. The molecule has 102 valence electrons. The van der Waals surface area contributed by atoms with Crippen LogP contribution in [0, 0.1) is 5.82 Å². The van der Waals surface area contributed by atoms with Crippen LogP contribution in [0.5, 0.6) is 0 Å².